The first-order valence-corrected chi connectivity index (χ1v) is 10.7. The standard InChI is InChI=1S/C24H28N2O3S/c1-4-6-14-29-19-13-12-18(15-20(19)28-5-2)23-21(16(3)27)22(25-24(30)26-23)17-10-8-7-9-11-17/h7-13,15,23H,4-6,14H2,1-3H3,(H2,25,26,30)/t23-/m0/s1. The van der Waals surface area contributed by atoms with Crippen LogP contribution >= 0.6 is 12.2 Å². The topological polar surface area (TPSA) is 59.6 Å². The molecule has 3 rings (SSSR count). The lowest BCUT2D eigenvalue weighted by Crippen LogP contribution is -2.44. The fraction of sp³-hybridized carbons (Fsp3) is 0.333. The number of carbonyl (C=O) groups excluding carboxylic acids is 1. The molecule has 0 unspecified atom stereocenters. The molecule has 0 saturated carbocycles. The highest BCUT2D eigenvalue weighted by Gasteiger charge is 2.30. The minimum Gasteiger partial charge on any atom is -0.490 e. The van der Waals surface area contributed by atoms with E-state index in [4.69, 9.17) is 21.7 Å². The number of rotatable bonds is 9. The Kier molecular flexibility index (Phi) is 7.46. The van der Waals surface area contributed by atoms with Crippen LogP contribution < -0.4 is 20.1 Å². The van der Waals surface area contributed by atoms with Gasteiger partial charge >= 0.3 is 0 Å². The average molecular weight is 425 g/mol. The molecule has 1 aliphatic heterocycles. The Morgan fingerprint density at radius 1 is 1.07 bits per heavy atom. The highest BCUT2D eigenvalue weighted by Crippen LogP contribution is 2.36. The van der Waals surface area contributed by atoms with Crippen molar-refractivity contribution in [3.05, 3.63) is 65.2 Å². The predicted octanol–water partition coefficient (Wildman–Crippen LogP) is 4.78. The van der Waals surface area contributed by atoms with E-state index in [-0.39, 0.29) is 11.8 Å². The van der Waals surface area contributed by atoms with Crippen LogP contribution in [0.4, 0.5) is 0 Å². The van der Waals surface area contributed by atoms with E-state index in [1.165, 1.54) is 0 Å². The maximum Gasteiger partial charge on any atom is 0.171 e. The summed E-state index contributed by atoms with van der Waals surface area (Å²) in [6.07, 6.45) is 2.04. The summed E-state index contributed by atoms with van der Waals surface area (Å²) < 4.78 is 11.7. The number of thiocarbonyl (C=S) groups is 1. The van der Waals surface area contributed by atoms with Crippen LogP contribution in [0.25, 0.3) is 5.70 Å². The zero-order valence-electron chi connectivity index (χ0n) is 17.7. The molecule has 0 fully saturated rings. The molecule has 30 heavy (non-hydrogen) atoms. The van der Waals surface area contributed by atoms with Gasteiger partial charge in [0.15, 0.2) is 22.4 Å². The zero-order chi connectivity index (χ0) is 21.5. The molecule has 1 atom stereocenters. The van der Waals surface area contributed by atoms with Gasteiger partial charge in [-0.3, -0.25) is 4.79 Å². The molecular formula is C24H28N2O3S. The summed E-state index contributed by atoms with van der Waals surface area (Å²) in [5.41, 5.74) is 3.18. The Hall–Kier alpha value is -2.86. The number of hydrogen-bond acceptors (Lipinski definition) is 4. The summed E-state index contributed by atoms with van der Waals surface area (Å²) in [5.74, 6) is 1.35. The molecule has 6 heteroatoms. The van der Waals surface area contributed by atoms with Crippen LogP contribution in [0, 0.1) is 0 Å². The molecule has 2 N–H and O–H groups in total. The Morgan fingerprint density at radius 2 is 1.83 bits per heavy atom. The molecule has 0 aliphatic carbocycles. The van der Waals surface area contributed by atoms with Crippen molar-refractivity contribution in [1.82, 2.24) is 10.6 Å². The van der Waals surface area contributed by atoms with Crippen molar-refractivity contribution < 1.29 is 14.3 Å². The van der Waals surface area contributed by atoms with Crippen LogP contribution in [0.1, 0.15) is 50.8 Å². The molecule has 2 aromatic carbocycles. The summed E-state index contributed by atoms with van der Waals surface area (Å²) >= 11 is 5.46. The Balaban J connectivity index is 2.04. The number of ether oxygens (including phenoxy) is 2. The summed E-state index contributed by atoms with van der Waals surface area (Å²) in [6, 6.07) is 15.2. The Labute approximate surface area is 183 Å². The monoisotopic (exact) mass is 424 g/mol. The van der Waals surface area contributed by atoms with Crippen molar-refractivity contribution in [2.24, 2.45) is 0 Å². The normalized spacial score (nSPS) is 16.0. The van der Waals surface area contributed by atoms with E-state index < -0.39 is 0 Å². The molecule has 1 heterocycles. The van der Waals surface area contributed by atoms with Crippen molar-refractivity contribution in [1.29, 1.82) is 0 Å². The first-order chi connectivity index (χ1) is 14.5. The van der Waals surface area contributed by atoms with Crippen LogP contribution in [0.15, 0.2) is 54.1 Å². The Bertz CT molecular complexity index is 941. The molecule has 0 radical (unpaired) electrons. The van der Waals surface area contributed by atoms with Gasteiger partial charge in [-0.1, -0.05) is 49.7 Å². The van der Waals surface area contributed by atoms with Gasteiger partial charge in [0, 0.05) is 5.57 Å². The third-order valence-corrected chi connectivity index (χ3v) is 5.09. The summed E-state index contributed by atoms with van der Waals surface area (Å²) in [6.45, 7) is 6.81. The van der Waals surface area contributed by atoms with Crippen molar-refractivity contribution in [3.63, 3.8) is 0 Å². The van der Waals surface area contributed by atoms with Crippen molar-refractivity contribution in [2.75, 3.05) is 13.2 Å². The molecule has 0 aromatic heterocycles. The predicted molar refractivity (Wildman–Crippen MR) is 124 cm³/mol. The first kappa shape index (κ1) is 21.8. The zero-order valence-corrected chi connectivity index (χ0v) is 18.5. The van der Waals surface area contributed by atoms with Gasteiger partial charge < -0.3 is 20.1 Å². The number of unbranched alkanes of at least 4 members (excludes halogenated alkanes) is 1. The van der Waals surface area contributed by atoms with E-state index in [0.29, 0.717) is 35.4 Å². The van der Waals surface area contributed by atoms with Crippen molar-refractivity contribution in [3.8, 4) is 11.5 Å². The molecule has 0 bridgehead atoms. The van der Waals surface area contributed by atoms with Gasteiger partial charge in [-0.25, -0.2) is 0 Å². The van der Waals surface area contributed by atoms with Crippen LogP contribution in [0.5, 0.6) is 11.5 Å². The van der Waals surface area contributed by atoms with Crippen LogP contribution in [0.3, 0.4) is 0 Å². The average Bonchev–Trinajstić information content (AvgIpc) is 2.75. The van der Waals surface area contributed by atoms with Gasteiger partial charge in [-0.05, 0) is 55.7 Å². The molecule has 2 aromatic rings. The third kappa shape index (κ3) is 5.00. The summed E-state index contributed by atoms with van der Waals surface area (Å²) in [4.78, 5) is 12.7. The van der Waals surface area contributed by atoms with Crippen LogP contribution in [0.2, 0.25) is 0 Å². The maximum atomic E-state index is 12.7. The van der Waals surface area contributed by atoms with E-state index in [0.717, 1.165) is 29.7 Å². The van der Waals surface area contributed by atoms with E-state index >= 15 is 0 Å². The second-order valence-corrected chi connectivity index (χ2v) is 7.49. The minimum atomic E-state index is -0.379. The molecule has 0 spiro atoms. The minimum absolute atomic E-state index is 0.0254. The number of Topliss-reactive ketones (excluding diaryl/α,β-unsaturated/α-hetero) is 1. The van der Waals surface area contributed by atoms with Gasteiger partial charge in [0.25, 0.3) is 0 Å². The summed E-state index contributed by atoms with van der Waals surface area (Å²) in [7, 11) is 0. The lowest BCUT2D eigenvalue weighted by atomic mass is 9.90. The molecule has 5 nitrogen and oxygen atoms in total. The van der Waals surface area contributed by atoms with Gasteiger partial charge in [0.05, 0.1) is 25.0 Å². The van der Waals surface area contributed by atoms with Gasteiger partial charge in [0.2, 0.25) is 0 Å². The quantitative estimate of drug-likeness (QED) is 0.446. The van der Waals surface area contributed by atoms with Gasteiger partial charge in [-0.2, -0.15) is 0 Å². The SMILES string of the molecule is CCCCOc1ccc([C@@H]2NC(=S)NC(c3ccccc3)=C2C(C)=O)cc1OCC. The molecule has 1 aliphatic rings. The van der Waals surface area contributed by atoms with Crippen molar-refractivity contribution >= 4 is 28.8 Å². The lowest BCUT2D eigenvalue weighted by Gasteiger charge is -2.31. The first-order valence-electron chi connectivity index (χ1n) is 10.3. The molecular weight excluding hydrogens is 396 g/mol. The lowest BCUT2D eigenvalue weighted by molar-refractivity contribution is -0.113. The highest BCUT2D eigenvalue weighted by atomic mass is 32.1. The Morgan fingerprint density at radius 3 is 2.50 bits per heavy atom. The molecule has 0 amide bonds. The summed E-state index contributed by atoms with van der Waals surface area (Å²) in [5, 5.41) is 6.90. The van der Waals surface area contributed by atoms with E-state index in [2.05, 4.69) is 17.6 Å². The fourth-order valence-corrected chi connectivity index (χ4v) is 3.66. The fourth-order valence-electron chi connectivity index (χ4n) is 3.44. The van der Waals surface area contributed by atoms with E-state index in [1.807, 2.05) is 55.5 Å². The molecule has 0 saturated heterocycles. The highest BCUT2D eigenvalue weighted by molar-refractivity contribution is 7.80. The number of benzene rings is 2. The van der Waals surface area contributed by atoms with Crippen LogP contribution in [-0.2, 0) is 4.79 Å². The second-order valence-electron chi connectivity index (χ2n) is 7.08. The van der Waals surface area contributed by atoms with Crippen molar-refractivity contribution in [2.45, 2.75) is 39.7 Å². The number of carbonyl (C=O) groups is 1. The largest absolute Gasteiger partial charge is 0.490 e. The second kappa shape index (κ2) is 10.3. The van der Waals surface area contributed by atoms with E-state index in [9.17, 15) is 4.79 Å². The number of hydrogen-bond donors (Lipinski definition) is 2. The van der Waals surface area contributed by atoms with Gasteiger partial charge in [0.1, 0.15) is 0 Å². The number of nitrogens with one attached hydrogen (secondary N) is 2. The third-order valence-electron chi connectivity index (χ3n) is 4.87. The number of ketones is 1. The maximum absolute atomic E-state index is 12.7. The van der Waals surface area contributed by atoms with Gasteiger partial charge in [-0.15, -0.1) is 0 Å². The molecule has 158 valence electrons. The van der Waals surface area contributed by atoms with Crippen LogP contribution in [-0.4, -0.2) is 24.1 Å². The van der Waals surface area contributed by atoms with E-state index in [1.54, 1.807) is 6.92 Å². The smallest absolute Gasteiger partial charge is 0.171 e.